The number of halogens is 1. The van der Waals surface area contributed by atoms with Crippen LogP contribution in [0.2, 0.25) is 0 Å². The number of esters is 1. The number of hydrogen-bond acceptors (Lipinski definition) is 6. The van der Waals surface area contributed by atoms with Crippen LogP contribution in [0.15, 0.2) is 18.2 Å². The molecule has 21 heavy (non-hydrogen) atoms. The number of nitro benzene ring substituents is 1. The average molecular weight is 316 g/mol. The number of methoxy groups -OCH3 is 1. The second kappa shape index (κ2) is 7.24. The van der Waals surface area contributed by atoms with Crippen molar-refractivity contribution in [3.05, 3.63) is 33.9 Å². The van der Waals surface area contributed by atoms with E-state index in [1.165, 1.54) is 19.2 Å². The first kappa shape index (κ1) is 17.2. The standard InChI is InChI=1S/C13H17N3O4.ClH/c1-9-8-15(6-5-14-9)10-3-4-12(16(18)19)11(7-10)13(17)20-2;/h3-4,7,9,14H,5-6,8H2,1-2H3;1H/t9-;/m0./s1. The highest BCUT2D eigenvalue weighted by atomic mass is 35.5. The second-order valence-electron chi connectivity index (χ2n) is 4.75. The van der Waals surface area contributed by atoms with Crippen molar-refractivity contribution in [2.24, 2.45) is 0 Å². The Hall–Kier alpha value is -1.86. The highest BCUT2D eigenvalue weighted by Crippen LogP contribution is 2.26. The third kappa shape index (κ3) is 3.83. The molecule has 0 unspecified atom stereocenters. The molecule has 0 aliphatic carbocycles. The Morgan fingerprint density at radius 2 is 2.24 bits per heavy atom. The fraction of sp³-hybridized carbons (Fsp3) is 0.462. The lowest BCUT2D eigenvalue weighted by molar-refractivity contribution is -0.385. The van der Waals surface area contributed by atoms with Crippen molar-refractivity contribution >= 4 is 29.8 Å². The minimum absolute atomic E-state index is 0. The van der Waals surface area contributed by atoms with E-state index in [1.807, 2.05) is 0 Å². The normalized spacial score (nSPS) is 17.8. The Morgan fingerprint density at radius 1 is 1.52 bits per heavy atom. The average Bonchev–Trinajstić information content (AvgIpc) is 2.45. The van der Waals surface area contributed by atoms with E-state index in [0.717, 1.165) is 25.3 Å². The number of nitrogens with one attached hydrogen (secondary N) is 1. The number of anilines is 1. The number of piperazine rings is 1. The summed E-state index contributed by atoms with van der Waals surface area (Å²) in [5.74, 6) is -0.693. The monoisotopic (exact) mass is 315 g/mol. The van der Waals surface area contributed by atoms with Crippen LogP contribution in [0.5, 0.6) is 0 Å². The van der Waals surface area contributed by atoms with Crippen molar-refractivity contribution in [1.29, 1.82) is 0 Å². The quantitative estimate of drug-likeness (QED) is 0.518. The fourth-order valence-electron chi connectivity index (χ4n) is 2.32. The van der Waals surface area contributed by atoms with Crippen LogP contribution >= 0.6 is 12.4 Å². The van der Waals surface area contributed by atoms with Crippen LogP contribution in [0, 0.1) is 10.1 Å². The Morgan fingerprint density at radius 3 is 2.81 bits per heavy atom. The van der Waals surface area contributed by atoms with E-state index in [9.17, 15) is 14.9 Å². The number of carbonyl (C=O) groups is 1. The van der Waals surface area contributed by atoms with Crippen molar-refractivity contribution in [3.8, 4) is 0 Å². The van der Waals surface area contributed by atoms with Gasteiger partial charge in [-0.05, 0) is 19.1 Å². The maximum absolute atomic E-state index is 11.7. The first-order valence-electron chi connectivity index (χ1n) is 6.38. The van der Waals surface area contributed by atoms with Gasteiger partial charge in [0.05, 0.1) is 12.0 Å². The number of carbonyl (C=O) groups excluding carboxylic acids is 1. The lowest BCUT2D eigenvalue weighted by atomic mass is 10.1. The summed E-state index contributed by atoms with van der Waals surface area (Å²) < 4.78 is 4.62. The summed E-state index contributed by atoms with van der Waals surface area (Å²) in [6.45, 7) is 4.49. The fourth-order valence-corrected chi connectivity index (χ4v) is 2.32. The zero-order chi connectivity index (χ0) is 14.7. The molecule has 1 N–H and O–H groups in total. The van der Waals surface area contributed by atoms with Crippen molar-refractivity contribution in [2.75, 3.05) is 31.6 Å². The predicted molar refractivity (Wildman–Crippen MR) is 81.4 cm³/mol. The van der Waals surface area contributed by atoms with Gasteiger partial charge in [0, 0.05) is 37.4 Å². The summed E-state index contributed by atoms with van der Waals surface area (Å²) >= 11 is 0. The predicted octanol–water partition coefficient (Wildman–Crippen LogP) is 1.60. The summed E-state index contributed by atoms with van der Waals surface area (Å²) in [6, 6.07) is 4.89. The van der Waals surface area contributed by atoms with Gasteiger partial charge < -0.3 is 15.0 Å². The molecule has 7 nitrogen and oxygen atoms in total. The van der Waals surface area contributed by atoms with Gasteiger partial charge in [0.2, 0.25) is 0 Å². The number of hydrogen-bond donors (Lipinski definition) is 1. The highest BCUT2D eigenvalue weighted by molar-refractivity contribution is 5.95. The molecule has 0 radical (unpaired) electrons. The Labute approximate surface area is 128 Å². The first-order chi connectivity index (χ1) is 9.52. The van der Waals surface area contributed by atoms with Crippen molar-refractivity contribution in [3.63, 3.8) is 0 Å². The van der Waals surface area contributed by atoms with Gasteiger partial charge in [-0.25, -0.2) is 4.79 Å². The molecule has 0 saturated carbocycles. The van der Waals surface area contributed by atoms with Crippen LogP contribution in [-0.2, 0) is 4.74 Å². The van der Waals surface area contributed by atoms with E-state index in [2.05, 4.69) is 21.9 Å². The van der Waals surface area contributed by atoms with Gasteiger partial charge in [0.15, 0.2) is 0 Å². The molecule has 1 aliphatic rings. The van der Waals surface area contributed by atoms with Crippen molar-refractivity contribution < 1.29 is 14.5 Å². The topological polar surface area (TPSA) is 84.7 Å². The van der Waals surface area contributed by atoms with Gasteiger partial charge in [0.25, 0.3) is 5.69 Å². The zero-order valence-electron chi connectivity index (χ0n) is 11.9. The molecule has 0 bridgehead atoms. The summed E-state index contributed by atoms with van der Waals surface area (Å²) in [5.41, 5.74) is 0.550. The Balaban J connectivity index is 0.00000220. The molecule has 0 spiro atoms. The first-order valence-corrected chi connectivity index (χ1v) is 6.38. The zero-order valence-corrected chi connectivity index (χ0v) is 12.7. The SMILES string of the molecule is COC(=O)c1cc(N2CCN[C@@H](C)C2)ccc1[N+](=O)[O-].Cl. The van der Waals surface area contributed by atoms with E-state index in [0.29, 0.717) is 6.04 Å². The molecule has 1 atom stereocenters. The van der Waals surface area contributed by atoms with Crippen LogP contribution in [0.1, 0.15) is 17.3 Å². The van der Waals surface area contributed by atoms with Gasteiger partial charge in [-0.2, -0.15) is 0 Å². The van der Waals surface area contributed by atoms with Crippen molar-refractivity contribution in [2.45, 2.75) is 13.0 Å². The molecule has 2 rings (SSSR count). The third-order valence-corrected chi connectivity index (χ3v) is 3.32. The van der Waals surface area contributed by atoms with Crippen LogP contribution in [-0.4, -0.2) is 43.7 Å². The van der Waals surface area contributed by atoms with Gasteiger partial charge in [-0.1, -0.05) is 0 Å². The van der Waals surface area contributed by atoms with Gasteiger partial charge >= 0.3 is 5.97 Å². The molecule has 0 amide bonds. The molecular formula is C13H18ClN3O4. The molecule has 1 aromatic carbocycles. The maximum Gasteiger partial charge on any atom is 0.344 e. The van der Waals surface area contributed by atoms with E-state index >= 15 is 0 Å². The molecule has 116 valence electrons. The summed E-state index contributed by atoms with van der Waals surface area (Å²) in [5, 5.41) is 14.3. The molecule has 1 heterocycles. The summed E-state index contributed by atoms with van der Waals surface area (Å²) in [6.07, 6.45) is 0. The van der Waals surface area contributed by atoms with Crippen LogP contribution in [0.25, 0.3) is 0 Å². The Kier molecular flexibility index (Phi) is 5.92. The molecule has 1 aromatic rings. The number of nitro groups is 1. The smallest absolute Gasteiger partial charge is 0.344 e. The van der Waals surface area contributed by atoms with E-state index in [1.54, 1.807) is 6.07 Å². The largest absolute Gasteiger partial charge is 0.465 e. The minimum atomic E-state index is -0.693. The van der Waals surface area contributed by atoms with Crippen LogP contribution < -0.4 is 10.2 Å². The number of rotatable bonds is 3. The molecule has 8 heteroatoms. The highest BCUT2D eigenvalue weighted by Gasteiger charge is 2.24. The van der Waals surface area contributed by atoms with E-state index in [-0.39, 0.29) is 23.7 Å². The van der Waals surface area contributed by atoms with Crippen molar-refractivity contribution in [1.82, 2.24) is 5.32 Å². The second-order valence-corrected chi connectivity index (χ2v) is 4.75. The summed E-state index contributed by atoms with van der Waals surface area (Å²) in [7, 11) is 1.21. The van der Waals surface area contributed by atoms with E-state index in [4.69, 9.17) is 0 Å². The van der Waals surface area contributed by atoms with Crippen LogP contribution in [0.3, 0.4) is 0 Å². The third-order valence-electron chi connectivity index (χ3n) is 3.32. The number of ether oxygens (including phenoxy) is 1. The molecule has 1 fully saturated rings. The van der Waals surface area contributed by atoms with Gasteiger partial charge in [-0.3, -0.25) is 10.1 Å². The minimum Gasteiger partial charge on any atom is -0.465 e. The number of nitrogens with zero attached hydrogens (tertiary/aromatic N) is 2. The molecular weight excluding hydrogens is 298 g/mol. The maximum atomic E-state index is 11.7. The van der Waals surface area contributed by atoms with Gasteiger partial charge in [0.1, 0.15) is 5.56 Å². The molecule has 1 saturated heterocycles. The molecule has 1 aliphatic heterocycles. The Bertz CT molecular complexity index is 538. The van der Waals surface area contributed by atoms with Gasteiger partial charge in [-0.15, -0.1) is 12.4 Å². The van der Waals surface area contributed by atoms with E-state index < -0.39 is 10.9 Å². The lowest BCUT2D eigenvalue weighted by Crippen LogP contribution is -2.49. The molecule has 0 aromatic heterocycles. The summed E-state index contributed by atoms with van der Waals surface area (Å²) in [4.78, 5) is 24.2. The lowest BCUT2D eigenvalue weighted by Gasteiger charge is -2.33. The van der Waals surface area contributed by atoms with Crippen LogP contribution in [0.4, 0.5) is 11.4 Å². The number of benzene rings is 1.